The van der Waals surface area contributed by atoms with Crippen LogP contribution in [0.3, 0.4) is 0 Å². The number of carbonyl (C=O) groups excluding carboxylic acids is 1. The lowest BCUT2D eigenvalue weighted by Gasteiger charge is -2.01. The molecule has 0 aromatic heterocycles. The van der Waals surface area contributed by atoms with Gasteiger partial charge in [0.1, 0.15) is 0 Å². The molecule has 0 radical (unpaired) electrons. The number of hydrogen-bond donors (Lipinski definition) is 1. The van der Waals surface area contributed by atoms with Crippen molar-refractivity contribution in [2.75, 3.05) is 0 Å². The number of rotatable bonds is 1. The summed E-state index contributed by atoms with van der Waals surface area (Å²) in [5, 5.41) is 10.6. The van der Waals surface area contributed by atoms with Crippen LogP contribution in [0.15, 0.2) is 18.2 Å². The van der Waals surface area contributed by atoms with Crippen LogP contribution in [-0.2, 0) is 0 Å². The smallest absolute Gasteiger partial charge is 0.265 e. The van der Waals surface area contributed by atoms with Crippen LogP contribution < -0.4 is 5.32 Å². The molecule has 0 aliphatic heterocycles. The van der Waals surface area contributed by atoms with Crippen LogP contribution in [-0.4, -0.2) is 5.91 Å². The molecule has 5 heteroatoms. The minimum Gasteiger partial charge on any atom is -0.268 e. The van der Waals surface area contributed by atoms with Crippen molar-refractivity contribution >= 4 is 29.1 Å². The van der Waals surface area contributed by atoms with Crippen LogP contribution in [0, 0.1) is 11.5 Å². The summed E-state index contributed by atoms with van der Waals surface area (Å²) in [6.07, 6.45) is 1.51. The molecule has 0 fully saturated rings. The number of benzene rings is 1. The third kappa shape index (κ3) is 2.11. The largest absolute Gasteiger partial charge is 0.268 e. The van der Waals surface area contributed by atoms with E-state index in [-0.39, 0.29) is 15.6 Å². The van der Waals surface area contributed by atoms with Gasteiger partial charge in [0.15, 0.2) is 6.19 Å². The van der Waals surface area contributed by atoms with Crippen molar-refractivity contribution in [3.05, 3.63) is 33.8 Å². The number of hydrogen-bond acceptors (Lipinski definition) is 2. The predicted octanol–water partition coefficient (Wildman–Crippen LogP) is 2.20. The van der Waals surface area contributed by atoms with E-state index in [4.69, 9.17) is 28.5 Å². The van der Waals surface area contributed by atoms with E-state index in [0.29, 0.717) is 0 Å². The van der Waals surface area contributed by atoms with Gasteiger partial charge in [-0.1, -0.05) is 29.3 Å². The molecule has 0 spiro atoms. The van der Waals surface area contributed by atoms with E-state index >= 15 is 0 Å². The summed E-state index contributed by atoms with van der Waals surface area (Å²) in [7, 11) is 0. The van der Waals surface area contributed by atoms with E-state index in [1.54, 1.807) is 12.1 Å². The Kier molecular flexibility index (Phi) is 3.13. The van der Waals surface area contributed by atoms with Gasteiger partial charge in [-0.05, 0) is 12.1 Å². The lowest BCUT2D eigenvalue weighted by molar-refractivity contribution is 0.0973. The number of nitriles is 1. The second-order valence-corrected chi connectivity index (χ2v) is 2.95. The molecule has 0 aliphatic carbocycles. The summed E-state index contributed by atoms with van der Waals surface area (Å²) in [5.41, 5.74) is 0.190. The van der Waals surface area contributed by atoms with Gasteiger partial charge in [-0.2, -0.15) is 5.26 Å². The molecule has 0 saturated carbocycles. The fourth-order valence-corrected chi connectivity index (χ4v) is 1.18. The standard InChI is InChI=1S/C8H4Cl2N2O/c9-6-3-1-2-5(7(6)10)8(13)12-4-11/h1-3H,(H,12,13). The molecule has 1 aromatic rings. The first kappa shape index (κ1) is 9.85. The number of halogens is 2. The molecular weight excluding hydrogens is 211 g/mol. The van der Waals surface area contributed by atoms with Crippen LogP contribution in [0.4, 0.5) is 0 Å². The Hall–Kier alpha value is -1.24. The van der Waals surface area contributed by atoms with Crippen molar-refractivity contribution in [1.82, 2.24) is 5.32 Å². The maximum Gasteiger partial charge on any atom is 0.265 e. The lowest BCUT2D eigenvalue weighted by atomic mass is 10.2. The molecule has 66 valence electrons. The predicted molar refractivity (Wildman–Crippen MR) is 49.5 cm³/mol. The zero-order valence-corrected chi connectivity index (χ0v) is 7.86. The highest BCUT2D eigenvalue weighted by molar-refractivity contribution is 6.43. The molecule has 0 aliphatic rings. The molecule has 3 nitrogen and oxygen atoms in total. The Labute approximate surface area is 84.9 Å². The highest BCUT2D eigenvalue weighted by atomic mass is 35.5. The van der Waals surface area contributed by atoms with E-state index in [9.17, 15) is 4.79 Å². The van der Waals surface area contributed by atoms with Gasteiger partial charge in [0, 0.05) is 0 Å². The topological polar surface area (TPSA) is 52.9 Å². The Balaban J connectivity index is 3.09. The van der Waals surface area contributed by atoms with Gasteiger partial charge < -0.3 is 0 Å². The summed E-state index contributed by atoms with van der Waals surface area (Å²) < 4.78 is 0. The van der Waals surface area contributed by atoms with E-state index in [2.05, 4.69) is 0 Å². The normalized spacial score (nSPS) is 9.00. The van der Waals surface area contributed by atoms with Gasteiger partial charge in [0.2, 0.25) is 0 Å². The first-order chi connectivity index (χ1) is 6.16. The van der Waals surface area contributed by atoms with Crippen molar-refractivity contribution in [3.63, 3.8) is 0 Å². The van der Waals surface area contributed by atoms with Gasteiger partial charge in [0.05, 0.1) is 15.6 Å². The Morgan fingerprint density at radius 1 is 1.46 bits per heavy atom. The Morgan fingerprint density at radius 3 is 2.77 bits per heavy atom. The minimum absolute atomic E-state index is 0.150. The van der Waals surface area contributed by atoms with E-state index in [1.165, 1.54) is 12.3 Å². The monoisotopic (exact) mass is 214 g/mol. The third-order valence-corrected chi connectivity index (χ3v) is 2.18. The summed E-state index contributed by atoms with van der Waals surface area (Å²) in [6.45, 7) is 0. The van der Waals surface area contributed by atoms with Crippen molar-refractivity contribution < 1.29 is 4.79 Å². The van der Waals surface area contributed by atoms with E-state index < -0.39 is 5.91 Å². The molecule has 1 rings (SSSR count). The van der Waals surface area contributed by atoms with Crippen LogP contribution >= 0.6 is 23.2 Å². The second-order valence-electron chi connectivity index (χ2n) is 2.17. The van der Waals surface area contributed by atoms with Crippen LogP contribution in [0.25, 0.3) is 0 Å². The summed E-state index contributed by atoms with van der Waals surface area (Å²) in [6, 6.07) is 4.63. The lowest BCUT2D eigenvalue weighted by Crippen LogP contribution is -2.17. The molecule has 1 N–H and O–H groups in total. The highest BCUT2D eigenvalue weighted by Gasteiger charge is 2.11. The van der Waals surface area contributed by atoms with E-state index in [0.717, 1.165) is 0 Å². The molecular formula is C8H4Cl2N2O. The molecule has 0 unspecified atom stereocenters. The van der Waals surface area contributed by atoms with Crippen LogP contribution in [0.1, 0.15) is 10.4 Å². The molecule has 0 saturated heterocycles. The SMILES string of the molecule is N#CNC(=O)c1cccc(Cl)c1Cl. The zero-order chi connectivity index (χ0) is 9.84. The summed E-state index contributed by atoms with van der Waals surface area (Å²) >= 11 is 11.4. The molecule has 0 bridgehead atoms. The Bertz CT molecular complexity index is 384. The number of nitrogens with zero attached hydrogens (tertiary/aromatic N) is 1. The van der Waals surface area contributed by atoms with Gasteiger partial charge in [-0.15, -0.1) is 0 Å². The van der Waals surface area contributed by atoms with Crippen LogP contribution in [0.2, 0.25) is 10.0 Å². The third-order valence-electron chi connectivity index (χ3n) is 1.37. The van der Waals surface area contributed by atoms with E-state index in [1.807, 2.05) is 5.32 Å². The molecule has 1 aromatic carbocycles. The molecule has 1 amide bonds. The average molecular weight is 215 g/mol. The second kappa shape index (κ2) is 4.13. The van der Waals surface area contributed by atoms with Gasteiger partial charge in [-0.25, -0.2) is 0 Å². The maximum atomic E-state index is 11.1. The fourth-order valence-electron chi connectivity index (χ4n) is 0.797. The fraction of sp³-hybridized carbons (Fsp3) is 0. The van der Waals surface area contributed by atoms with Crippen molar-refractivity contribution in [3.8, 4) is 6.19 Å². The quantitative estimate of drug-likeness (QED) is 0.576. The molecule has 0 atom stereocenters. The summed E-state index contributed by atoms with van der Waals surface area (Å²) in [5.74, 6) is -0.560. The minimum atomic E-state index is -0.560. The molecule has 13 heavy (non-hydrogen) atoms. The maximum absolute atomic E-state index is 11.1. The van der Waals surface area contributed by atoms with Crippen molar-refractivity contribution in [2.45, 2.75) is 0 Å². The van der Waals surface area contributed by atoms with Crippen LogP contribution in [0.5, 0.6) is 0 Å². The first-order valence-electron chi connectivity index (χ1n) is 3.30. The number of nitrogens with one attached hydrogen (secondary N) is 1. The van der Waals surface area contributed by atoms with Crippen molar-refractivity contribution in [1.29, 1.82) is 5.26 Å². The van der Waals surface area contributed by atoms with Gasteiger partial charge in [-0.3, -0.25) is 10.1 Å². The zero-order valence-electron chi connectivity index (χ0n) is 6.34. The Morgan fingerprint density at radius 2 is 2.15 bits per heavy atom. The van der Waals surface area contributed by atoms with Gasteiger partial charge >= 0.3 is 0 Å². The average Bonchev–Trinajstić information content (AvgIpc) is 2.10. The molecule has 0 heterocycles. The van der Waals surface area contributed by atoms with Gasteiger partial charge in [0.25, 0.3) is 5.91 Å². The summed E-state index contributed by atoms with van der Waals surface area (Å²) in [4.78, 5) is 11.1. The highest BCUT2D eigenvalue weighted by Crippen LogP contribution is 2.25. The number of carbonyl (C=O) groups is 1. The van der Waals surface area contributed by atoms with Crippen molar-refractivity contribution in [2.24, 2.45) is 0 Å². The first-order valence-corrected chi connectivity index (χ1v) is 4.06. The number of amides is 1.